The van der Waals surface area contributed by atoms with Crippen molar-refractivity contribution in [3.05, 3.63) is 0 Å². The molecule has 1 fully saturated rings. The maximum absolute atomic E-state index is 5.71. The molecule has 0 saturated carbocycles. The van der Waals surface area contributed by atoms with Gasteiger partial charge in [-0.05, 0) is 20.3 Å². The number of ether oxygens (including phenoxy) is 1. The van der Waals surface area contributed by atoms with E-state index in [4.69, 9.17) is 4.74 Å². The van der Waals surface area contributed by atoms with Crippen molar-refractivity contribution in [2.45, 2.75) is 51.8 Å². The first kappa shape index (κ1) is 12.5. The summed E-state index contributed by atoms with van der Waals surface area (Å²) in [5.41, 5.74) is 0. The van der Waals surface area contributed by atoms with Gasteiger partial charge in [0.2, 0.25) is 0 Å². The molecule has 0 aliphatic carbocycles. The van der Waals surface area contributed by atoms with Crippen molar-refractivity contribution >= 4 is 15.9 Å². The van der Waals surface area contributed by atoms with Crippen LogP contribution in [0.2, 0.25) is 0 Å². The standard InChI is InChI=1S/C11H22BrNO/c1-4-5-9(2)13-7-11(6-12)14-8-10(13)3/h9-11H,4-8H2,1-3H3. The molecule has 0 aromatic heterocycles. The maximum atomic E-state index is 5.71. The minimum atomic E-state index is 0.380. The molecule has 0 aromatic carbocycles. The van der Waals surface area contributed by atoms with Crippen molar-refractivity contribution < 1.29 is 4.74 Å². The van der Waals surface area contributed by atoms with Gasteiger partial charge in [0.1, 0.15) is 0 Å². The van der Waals surface area contributed by atoms with E-state index in [9.17, 15) is 0 Å². The molecule has 3 heteroatoms. The van der Waals surface area contributed by atoms with E-state index in [0.29, 0.717) is 18.2 Å². The first-order valence-corrected chi connectivity index (χ1v) is 6.74. The smallest absolute Gasteiger partial charge is 0.0799 e. The molecule has 3 atom stereocenters. The van der Waals surface area contributed by atoms with Crippen LogP contribution in [0.15, 0.2) is 0 Å². The molecule has 0 aromatic rings. The maximum Gasteiger partial charge on any atom is 0.0799 e. The minimum Gasteiger partial charge on any atom is -0.374 e. The Labute approximate surface area is 96.1 Å². The molecular weight excluding hydrogens is 242 g/mol. The number of halogens is 1. The summed E-state index contributed by atoms with van der Waals surface area (Å²) in [6.07, 6.45) is 2.94. The van der Waals surface area contributed by atoms with Crippen LogP contribution < -0.4 is 0 Å². The molecule has 1 saturated heterocycles. The Morgan fingerprint density at radius 1 is 1.57 bits per heavy atom. The van der Waals surface area contributed by atoms with E-state index < -0.39 is 0 Å². The SMILES string of the molecule is CCCC(C)N1CC(CBr)OCC1C. The molecule has 0 spiro atoms. The highest BCUT2D eigenvalue weighted by Gasteiger charge is 2.28. The van der Waals surface area contributed by atoms with Crippen LogP contribution in [0.25, 0.3) is 0 Å². The lowest BCUT2D eigenvalue weighted by atomic mass is 10.1. The number of nitrogens with zero attached hydrogens (tertiary/aromatic N) is 1. The second-order valence-corrected chi connectivity index (χ2v) is 4.94. The Kier molecular flexibility index (Phi) is 5.42. The van der Waals surface area contributed by atoms with E-state index in [0.717, 1.165) is 18.5 Å². The largest absolute Gasteiger partial charge is 0.374 e. The van der Waals surface area contributed by atoms with Gasteiger partial charge in [-0.1, -0.05) is 29.3 Å². The quantitative estimate of drug-likeness (QED) is 0.724. The molecule has 14 heavy (non-hydrogen) atoms. The van der Waals surface area contributed by atoms with Crippen molar-refractivity contribution in [2.24, 2.45) is 0 Å². The second kappa shape index (κ2) is 6.09. The zero-order valence-electron chi connectivity index (χ0n) is 9.50. The van der Waals surface area contributed by atoms with E-state index in [1.54, 1.807) is 0 Å². The fourth-order valence-corrected chi connectivity index (χ4v) is 2.52. The van der Waals surface area contributed by atoms with Crippen molar-refractivity contribution in [1.29, 1.82) is 0 Å². The summed E-state index contributed by atoms with van der Waals surface area (Å²) in [6.45, 7) is 8.80. The van der Waals surface area contributed by atoms with Gasteiger partial charge in [-0.3, -0.25) is 4.90 Å². The van der Waals surface area contributed by atoms with Crippen LogP contribution >= 0.6 is 15.9 Å². The summed E-state index contributed by atoms with van der Waals surface area (Å²) in [5, 5.41) is 0.953. The van der Waals surface area contributed by atoms with Gasteiger partial charge in [0.05, 0.1) is 12.7 Å². The lowest BCUT2D eigenvalue weighted by Gasteiger charge is -2.41. The lowest BCUT2D eigenvalue weighted by molar-refractivity contribution is -0.0619. The molecule has 0 N–H and O–H groups in total. The van der Waals surface area contributed by atoms with Crippen LogP contribution in [-0.4, -0.2) is 41.6 Å². The van der Waals surface area contributed by atoms with Gasteiger partial charge in [-0.2, -0.15) is 0 Å². The van der Waals surface area contributed by atoms with E-state index in [1.807, 2.05) is 0 Å². The molecular formula is C11H22BrNO. The van der Waals surface area contributed by atoms with Crippen molar-refractivity contribution in [2.75, 3.05) is 18.5 Å². The third kappa shape index (κ3) is 3.21. The Hall–Kier alpha value is 0.400. The van der Waals surface area contributed by atoms with Gasteiger partial charge < -0.3 is 4.74 Å². The molecule has 1 heterocycles. The molecule has 1 rings (SSSR count). The summed E-state index contributed by atoms with van der Waals surface area (Å²) in [7, 11) is 0. The third-order valence-electron chi connectivity index (χ3n) is 3.00. The van der Waals surface area contributed by atoms with Crippen molar-refractivity contribution in [3.63, 3.8) is 0 Å². The van der Waals surface area contributed by atoms with Gasteiger partial charge >= 0.3 is 0 Å². The van der Waals surface area contributed by atoms with Crippen LogP contribution in [-0.2, 0) is 4.74 Å². The van der Waals surface area contributed by atoms with Crippen LogP contribution in [0.3, 0.4) is 0 Å². The van der Waals surface area contributed by atoms with Crippen LogP contribution in [0.1, 0.15) is 33.6 Å². The van der Waals surface area contributed by atoms with Gasteiger partial charge in [0, 0.05) is 24.0 Å². The third-order valence-corrected chi connectivity index (χ3v) is 3.72. The van der Waals surface area contributed by atoms with E-state index in [-0.39, 0.29) is 0 Å². The first-order chi connectivity index (χ1) is 6.69. The summed E-state index contributed by atoms with van der Waals surface area (Å²) in [6, 6.07) is 1.27. The summed E-state index contributed by atoms with van der Waals surface area (Å²) >= 11 is 3.49. The van der Waals surface area contributed by atoms with Crippen molar-refractivity contribution in [1.82, 2.24) is 4.90 Å². The fourth-order valence-electron chi connectivity index (χ4n) is 2.13. The average Bonchev–Trinajstić information content (AvgIpc) is 2.19. The number of hydrogen-bond acceptors (Lipinski definition) is 2. The topological polar surface area (TPSA) is 12.5 Å². The molecule has 1 aliphatic heterocycles. The van der Waals surface area contributed by atoms with Crippen LogP contribution in [0.4, 0.5) is 0 Å². The summed E-state index contributed by atoms with van der Waals surface area (Å²) < 4.78 is 5.71. The predicted molar refractivity (Wildman–Crippen MR) is 64.1 cm³/mol. The Morgan fingerprint density at radius 3 is 2.86 bits per heavy atom. The molecule has 3 unspecified atom stereocenters. The normalized spacial score (nSPS) is 31.7. The van der Waals surface area contributed by atoms with E-state index >= 15 is 0 Å². The fraction of sp³-hybridized carbons (Fsp3) is 1.00. The zero-order valence-corrected chi connectivity index (χ0v) is 11.1. The highest BCUT2D eigenvalue weighted by molar-refractivity contribution is 9.09. The Balaban J connectivity index is 2.46. The molecule has 0 radical (unpaired) electrons. The number of rotatable bonds is 4. The van der Waals surface area contributed by atoms with E-state index in [1.165, 1.54) is 12.8 Å². The summed E-state index contributed by atoms with van der Waals surface area (Å²) in [4.78, 5) is 2.58. The Morgan fingerprint density at radius 2 is 2.29 bits per heavy atom. The predicted octanol–water partition coefficient (Wildman–Crippen LogP) is 2.66. The van der Waals surface area contributed by atoms with Gasteiger partial charge in [-0.15, -0.1) is 0 Å². The highest BCUT2D eigenvalue weighted by atomic mass is 79.9. The van der Waals surface area contributed by atoms with Gasteiger partial charge in [0.25, 0.3) is 0 Å². The monoisotopic (exact) mass is 263 g/mol. The number of morpholine rings is 1. The second-order valence-electron chi connectivity index (χ2n) is 4.29. The van der Waals surface area contributed by atoms with Gasteiger partial charge in [0.15, 0.2) is 0 Å². The molecule has 84 valence electrons. The zero-order chi connectivity index (χ0) is 10.6. The van der Waals surface area contributed by atoms with Crippen molar-refractivity contribution in [3.8, 4) is 0 Å². The summed E-state index contributed by atoms with van der Waals surface area (Å²) in [5.74, 6) is 0. The molecule has 0 amide bonds. The first-order valence-electron chi connectivity index (χ1n) is 5.62. The lowest BCUT2D eigenvalue weighted by Crippen LogP contribution is -2.52. The average molecular weight is 264 g/mol. The van der Waals surface area contributed by atoms with Gasteiger partial charge in [-0.25, -0.2) is 0 Å². The van der Waals surface area contributed by atoms with Crippen LogP contribution in [0.5, 0.6) is 0 Å². The van der Waals surface area contributed by atoms with Crippen LogP contribution in [0, 0.1) is 0 Å². The molecule has 0 bridgehead atoms. The van der Waals surface area contributed by atoms with E-state index in [2.05, 4.69) is 41.6 Å². The Bertz CT molecular complexity index is 165. The number of hydrogen-bond donors (Lipinski definition) is 0. The molecule has 2 nitrogen and oxygen atoms in total. The minimum absolute atomic E-state index is 0.380. The number of alkyl halides is 1. The highest BCUT2D eigenvalue weighted by Crippen LogP contribution is 2.18. The molecule has 1 aliphatic rings.